The van der Waals surface area contributed by atoms with E-state index in [0.29, 0.717) is 50.8 Å². The molecule has 0 radical (unpaired) electrons. The standard InChI is InChI=1S/C24H33N3O4S/c1-17(2)23-13-20(14-24(28)27-8-10-31-11-9-27)18(3)12-21(23)16-26-32(29,30)22-6-4-19(15-25)5-7-22/h4-7,12,17,20-21,23,26H,8-11,13-14,16H2,1-3H3/t20-,21-,23-/m0/s1. The first-order valence-electron chi connectivity index (χ1n) is 11.2. The average molecular weight is 460 g/mol. The van der Waals surface area contributed by atoms with Gasteiger partial charge in [-0.3, -0.25) is 4.79 Å². The van der Waals surface area contributed by atoms with Gasteiger partial charge in [-0.1, -0.05) is 25.5 Å². The predicted octanol–water partition coefficient (Wildman–Crippen LogP) is 2.94. The number of nitrogens with one attached hydrogen (secondary N) is 1. The number of nitrogens with zero attached hydrogens (tertiary/aromatic N) is 2. The molecule has 3 atom stereocenters. The third-order valence-corrected chi connectivity index (χ3v) is 8.11. The van der Waals surface area contributed by atoms with Crippen molar-refractivity contribution in [3.8, 4) is 6.07 Å². The van der Waals surface area contributed by atoms with Crippen LogP contribution in [0.4, 0.5) is 0 Å². The topological polar surface area (TPSA) is 99.5 Å². The first kappa shape index (κ1) is 24.4. The van der Waals surface area contributed by atoms with Gasteiger partial charge in [0.15, 0.2) is 0 Å². The van der Waals surface area contributed by atoms with E-state index < -0.39 is 10.0 Å². The second kappa shape index (κ2) is 10.6. The smallest absolute Gasteiger partial charge is 0.240 e. The summed E-state index contributed by atoms with van der Waals surface area (Å²) < 4.78 is 33.6. The number of ether oxygens (including phenoxy) is 1. The van der Waals surface area contributed by atoms with E-state index in [2.05, 4.69) is 31.6 Å². The third kappa shape index (κ3) is 5.97. The molecule has 1 N–H and O–H groups in total. The quantitative estimate of drug-likeness (QED) is 0.632. The van der Waals surface area contributed by atoms with Crippen LogP contribution in [0.5, 0.6) is 0 Å². The molecular weight excluding hydrogens is 426 g/mol. The van der Waals surface area contributed by atoms with Crippen molar-refractivity contribution >= 4 is 15.9 Å². The summed E-state index contributed by atoms with van der Waals surface area (Å²) in [5, 5.41) is 8.91. The number of amides is 1. The Balaban J connectivity index is 1.67. The zero-order chi connectivity index (χ0) is 23.3. The molecule has 1 aliphatic heterocycles. The lowest BCUT2D eigenvalue weighted by Crippen LogP contribution is -2.42. The number of rotatable bonds is 7. The molecule has 1 amide bonds. The fourth-order valence-corrected chi connectivity index (χ4v) is 5.73. The van der Waals surface area contributed by atoms with E-state index >= 15 is 0 Å². The average Bonchev–Trinajstić information content (AvgIpc) is 2.79. The van der Waals surface area contributed by atoms with E-state index in [0.717, 1.165) is 12.0 Å². The number of hydrogen-bond donors (Lipinski definition) is 1. The van der Waals surface area contributed by atoms with Crippen LogP contribution in [0.25, 0.3) is 0 Å². The van der Waals surface area contributed by atoms with Gasteiger partial charge in [0.2, 0.25) is 15.9 Å². The molecule has 32 heavy (non-hydrogen) atoms. The molecule has 0 aromatic heterocycles. The number of benzene rings is 1. The Kier molecular flexibility index (Phi) is 8.10. The molecule has 7 nitrogen and oxygen atoms in total. The Labute approximate surface area is 191 Å². The van der Waals surface area contributed by atoms with Crippen LogP contribution in [0.2, 0.25) is 0 Å². The summed E-state index contributed by atoms with van der Waals surface area (Å²) in [6.07, 6.45) is 3.53. The Bertz CT molecular complexity index is 973. The minimum atomic E-state index is -3.66. The van der Waals surface area contributed by atoms with E-state index in [1.807, 2.05) is 11.0 Å². The van der Waals surface area contributed by atoms with E-state index in [1.54, 1.807) is 0 Å². The maximum Gasteiger partial charge on any atom is 0.240 e. The summed E-state index contributed by atoms with van der Waals surface area (Å²) >= 11 is 0. The maximum absolute atomic E-state index is 12.8. The molecule has 174 valence electrons. The number of carbonyl (C=O) groups is 1. The number of carbonyl (C=O) groups excluding carboxylic acids is 1. The summed E-state index contributed by atoms with van der Waals surface area (Å²) in [7, 11) is -3.66. The molecular formula is C24H33N3O4S. The van der Waals surface area contributed by atoms with Gasteiger partial charge in [-0.15, -0.1) is 0 Å². The van der Waals surface area contributed by atoms with Gasteiger partial charge in [0.05, 0.1) is 29.7 Å². The SMILES string of the molecule is CC1=C[C@@H](CNS(=O)(=O)c2ccc(C#N)cc2)[C@H](C(C)C)C[C@H]1CC(=O)N1CCOCC1. The minimum absolute atomic E-state index is 0.0675. The van der Waals surface area contributed by atoms with Crippen molar-refractivity contribution < 1.29 is 17.9 Å². The van der Waals surface area contributed by atoms with Crippen LogP contribution in [0, 0.1) is 35.0 Å². The van der Waals surface area contributed by atoms with E-state index in [9.17, 15) is 13.2 Å². The highest BCUT2D eigenvalue weighted by atomic mass is 32.2. The van der Waals surface area contributed by atoms with E-state index in [-0.39, 0.29) is 28.6 Å². The normalized spacial score (nSPS) is 24.2. The van der Waals surface area contributed by atoms with Crippen LogP contribution in [-0.4, -0.2) is 52.1 Å². The molecule has 2 aliphatic rings. The zero-order valence-corrected chi connectivity index (χ0v) is 19.9. The summed E-state index contributed by atoms with van der Waals surface area (Å²) in [6.45, 7) is 9.18. The van der Waals surface area contributed by atoms with Crippen LogP contribution in [-0.2, 0) is 19.6 Å². The van der Waals surface area contributed by atoms with Gasteiger partial charge in [-0.2, -0.15) is 5.26 Å². The van der Waals surface area contributed by atoms with E-state index in [4.69, 9.17) is 10.00 Å². The molecule has 1 fully saturated rings. The van der Waals surface area contributed by atoms with Crippen molar-refractivity contribution in [3.05, 3.63) is 41.5 Å². The summed E-state index contributed by atoms with van der Waals surface area (Å²) in [6, 6.07) is 7.92. The largest absolute Gasteiger partial charge is 0.378 e. The second-order valence-corrected chi connectivity index (χ2v) is 10.9. The van der Waals surface area contributed by atoms with Crippen molar-refractivity contribution in [1.29, 1.82) is 5.26 Å². The number of sulfonamides is 1. The Morgan fingerprint density at radius 2 is 1.91 bits per heavy atom. The van der Waals surface area contributed by atoms with Crippen molar-refractivity contribution in [1.82, 2.24) is 9.62 Å². The number of nitriles is 1. The predicted molar refractivity (Wildman–Crippen MR) is 122 cm³/mol. The Morgan fingerprint density at radius 3 is 2.50 bits per heavy atom. The number of allylic oxidation sites excluding steroid dienone is 1. The maximum atomic E-state index is 12.8. The third-order valence-electron chi connectivity index (χ3n) is 6.67. The van der Waals surface area contributed by atoms with Crippen LogP contribution in [0.3, 0.4) is 0 Å². The molecule has 0 bridgehead atoms. The highest BCUT2D eigenvalue weighted by Crippen LogP contribution is 2.39. The van der Waals surface area contributed by atoms with Crippen molar-refractivity contribution in [2.24, 2.45) is 23.7 Å². The van der Waals surface area contributed by atoms with Crippen molar-refractivity contribution in [3.63, 3.8) is 0 Å². The van der Waals surface area contributed by atoms with Crippen molar-refractivity contribution in [2.45, 2.75) is 38.5 Å². The molecule has 3 rings (SSSR count). The van der Waals surface area contributed by atoms with Crippen LogP contribution in [0.1, 0.15) is 39.2 Å². The molecule has 0 spiro atoms. The lowest BCUT2D eigenvalue weighted by molar-refractivity contribution is -0.136. The fraction of sp³-hybridized carbons (Fsp3) is 0.583. The summed E-state index contributed by atoms with van der Waals surface area (Å²) in [5.74, 6) is 1.07. The first-order chi connectivity index (χ1) is 15.2. The number of morpholine rings is 1. The molecule has 1 aliphatic carbocycles. The molecule has 1 saturated heterocycles. The van der Waals surface area contributed by atoms with E-state index in [1.165, 1.54) is 24.3 Å². The van der Waals surface area contributed by atoms with Gasteiger partial charge in [0.25, 0.3) is 0 Å². The summed E-state index contributed by atoms with van der Waals surface area (Å²) in [5.41, 5.74) is 1.58. The Morgan fingerprint density at radius 1 is 1.25 bits per heavy atom. The van der Waals surface area contributed by atoms with Crippen LogP contribution in [0.15, 0.2) is 40.8 Å². The van der Waals surface area contributed by atoms with Gasteiger partial charge in [-0.25, -0.2) is 13.1 Å². The van der Waals surface area contributed by atoms with Gasteiger partial charge in [-0.05, 0) is 61.3 Å². The second-order valence-electron chi connectivity index (χ2n) is 9.10. The molecule has 1 aromatic carbocycles. The lowest BCUT2D eigenvalue weighted by atomic mass is 9.70. The van der Waals surface area contributed by atoms with Crippen LogP contribution >= 0.6 is 0 Å². The highest BCUT2D eigenvalue weighted by Gasteiger charge is 2.34. The van der Waals surface area contributed by atoms with Gasteiger partial charge in [0.1, 0.15) is 0 Å². The summed E-state index contributed by atoms with van der Waals surface area (Å²) in [4.78, 5) is 14.8. The minimum Gasteiger partial charge on any atom is -0.378 e. The van der Waals surface area contributed by atoms with Gasteiger partial charge in [0, 0.05) is 26.1 Å². The highest BCUT2D eigenvalue weighted by molar-refractivity contribution is 7.89. The molecule has 0 unspecified atom stereocenters. The molecule has 1 heterocycles. The fourth-order valence-electron chi connectivity index (χ4n) is 4.66. The first-order valence-corrected chi connectivity index (χ1v) is 12.7. The monoisotopic (exact) mass is 459 g/mol. The zero-order valence-electron chi connectivity index (χ0n) is 19.1. The molecule has 1 aromatic rings. The van der Waals surface area contributed by atoms with Gasteiger partial charge < -0.3 is 9.64 Å². The van der Waals surface area contributed by atoms with Gasteiger partial charge >= 0.3 is 0 Å². The lowest BCUT2D eigenvalue weighted by Gasteiger charge is -2.38. The van der Waals surface area contributed by atoms with Crippen molar-refractivity contribution in [2.75, 3.05) is 32.8 Å². The Hall–Kier alpha value is -2.21. The number of hydrogen-bond acceptors (Lipinski definition) is 5. The van der Waals surface area contributed by atoms with Crippen LogP contribution < -0.4 is 4.72 Å². The molecule has 8 heteroatoms. The molecule has 0 saturated carbocycles.